The third kappa shape index (κ3) is 2.86. The lowest BCUT2D eigenvalue weighted by Gasteiger charge is -2.14. The topological polar surface area (TPSA) is 71.1 Å². The van der Waals surface area contributed by atoms with Gasteiger partial charge in [-0.2, -0.15) is 0 Å². The van der Waals surface area contributed by atoms with Gasteiger partial charge in [0.25, 0.3) is 10.0 Å². The van der Waals surface area contributed by atoms with Crippen LogP contribution in [0.5, 0.6) is 0 Å². The fourth-order valence-electron chi connectivity index (χ4n) is 1.75. The van der Waals surface area contributed by atoms with Gasteiger partial charge in [0.05, 0.1) is 16.4 Å². The van der Waals surface area contributed by atoms with Gasteiger partial charge in [-0.25, -0.2) is 8.42 Å². The number of para-hydroxylation sites is 1. The van der Waals surface area contributed by atoms with E-state index in [1.165, 1.54) is 12.4 Å². The number of anilines is 2. The van der Waals surface area contributed by atoms with Gasteiger partial charge in [0.2, 0.25) is 0 Å². The van der Waals surface area contributed by atoms with E-state index < -0.39 is 10.0 Å². The van der Waals surface area contributed by atoms with Crippen LogP contribution in [0.2, 0.25) is 5.02 Å². The second-order valence-electron chi connectivity index (χ2n) is 4.16. The minimum atomic E-state index is -3.76. The molecule has 0 unspecified atom stereocenters. The van der Waals surface area contributed by atoms with Crippen LogP contribution in [-0.2, 0) is 10.0 Å². The lowest BCUT2D eigenvalue weighted by molar-refractivity contribution is 0.601. The summed E-state index contributed by atoms with van der Waals surface area (Å²) >= 11 is 6.04. The Morgan fingerprint density at radius 2 is 2.00 bits per heavy atom. The molecule has 0 atom stereocenters. The first-order valence-electron chi connectivity index (χ1n) is 5.85. The highest BCUT2D eigenvalue weighted by molar-refractivity contribution is 7.92. The molecule has 0 aliphatic carbocycles. The minimum Gasteiger partial charge on any atom is -0.387 e. The molecule has 0 saturated carbocycles. The van der Waals surface area contributed by atoms with Crippen molar-refractivity contribution >= 4 is 33.0 Å². The molecule has 1 aromatic carbocycles. The summed E-state index contributed by atoms with van der Waals surface area (Å²) in [6, 6.07) is 6.77. The second kappa shape index (κ2) is 5.68. The monoisotopic (exact) mass is 311 g/mol. The summed E-state index contributed by atoms with van der Waals surface area (Å²) in [5, 5.41) is 3.17. The Kier molecular flexibility index (Phi) is 4.15. The van der Waals surface area contributed by atoms with Gasteiger partial charge in [0.1, 0.15) is 4.90 Å². The van der Waals surface area contributed by atoms with Gasteiger partial charge in [0, 0.05) is 19.4 Å². The molecule has 0 aliphatic rings. The largest absolute Gasteiger partial charge is 0.387 e. The number of sulfonamides is 1. The van der Waals surface area contributed by atoms with E-state index in [1.807, 2.05) is 0 Å². The number of aryl methyl sites for hydroxylation is 1. The molecule has 1 aromatic heterocycles. The van der Waals surface area contributed by atoms with Gasteiger partial charge < -0.3 is 5.32 Å². The Morgan fingerprint density at radius 3 is 2.65 bits per heavy atom. The zero-order valence-corrected chi connectivity index (χ0v) is 12.6. The number of rotatable bonds is 4. The van der Waals surface area contributed by atoms with Crippen molar-refractivity contribution in [1.82, 2.24) is 4.98 Å². The molecule has 0 amide bonds. The smallest absolute Gasteiger partial charge is 0.265 e. The molecule has 0 bridgehead atoms. The summed E-state index contributed by atoms with van der Waals surface area (Å²) < 4.78 is 27.4. The average Bonchev–Trinajstić information content (AvgIpc) is 2.43. The number of nitrogens with zero attached hydrogens (tertiary/aromatic N) is 1. The van der Waals surface area contributed by atoms with Crippen LogP contribution >= 0.6 is 11.6 Å². The normalized spacial score (nSPS) is 11.2. The summed E-state index contributed by atoms with van der Waals surface area (Å²) in [5.74, 6) is 0. The Bertz CT molecular complexity index is 712. The molecular weight excluding hydrogens is 298 g/mol. The fraction of sp³-hybridized carbons (Fsp3) is 0.154. The first-order chi connectivity index (χ1) is 9.45. The van der Waals surface area contributed by atoms with E-state index in [0.717, 1.165) is 5.56 Å². The molecular formula is C13H14ClN3O2S. The van der Waals surface area contributed by atoms with Crippen molar-refractivity contribution < 1.29 is 8.42 Å². The van der Waals surface area contributed by atoms with Crippen molar-refractivity contribution in [2.24, 2.45) is 0 Å². The van der Waals surface area contributed by atoms with Crippen LogP contribution in [0.25, 0.3) is 0 Å². The predicted octanol–water partition coefficient (Wildman–Crippen LogP) is 2.89. The van der Waals surface area contributed by atoms with Crippen molar-refractivity contribution in [1.29, 1.82) is 0 Å². The Hall–Kier alpha value is -1.79. The molecule has 1 heterocycles. The second-order valence-corrected chi connectivity index (χ2v) is 6.22. The molecule has 0 radical (unpaired) electrons. The number of pyridine rings is 1. The Balaban J connectivity index is 2.47. The highest BCUT2D eigenvalue weighted by Crippen LogP contribution is 2.29. The van der Waals surface area contributed by atoms with Gasteiger partial charge in [-0.05, 0) is 24.6 Å². The van der Waals surface area contributed by atoms with Crippen molar-refractivity contribution in [3.8, 4) is 0 Å². The van der Waals surface area contributed by atoms with Crippen LogP contribution in [0.15, 0.2) is 41.6 Å². The van der Waals surface area contributed by atoms with Crippen molar-refractivity contribution in [3.63, 3.8) is 0 Å². The first kappa shape index (κ1) is 14.6. The quantitative estimate of drug-likeness (QED) is 0.911. The van der Waals surface area contributed by atoms with Gasteiger partial charge in [-0.15, -0.1) is 0 Å². The summed E-state index contributed by atoms with van der Waals surface area (Å²) in [7, 11) is -2.11. The lowest BCUT2D eigenvalue weighted by Crippen LogP contribution is -2.16. The van der Waals surface area contributed by atoms with E-state index in [9.17, 15) is 8.42 Å². The van der Waals surface area contributed by atoms with Crippen LogP contribution in [0.1, 0.15) is 5.56 Å². The summed E-state index contributed by atoms with van der Waals surface area (Å²) in [6.45, 7) is 1.78. The highest BCUT2D eigenvalue weighted by Gasteiger charge is 2.20. The third-order valence-corrected chi connectivity index (χ3v) is 4.49. The van der Waals surface area contributed by atoms with E-state index in [0.29, 0.717) is 16.4 Å². The molecule has 106 valence electrons. The number of benzene rings is 1. The van der Waals surface area contributed by atoms with Crippen molar-refractivity contribution in [2.45, 2.75) is 11.8 Å². The van der Waals surface area contributed by atoms with Crippen LogP contribution in [-0.4, -0.2) is 20.4 Å². The van der Waals surface area contributed by atoms with Crippen LogP contribution in [0.3, 0.4) is 0 Å². The molecule has 5 nitrogen and oxygen atoms in total. The average molecular weight is 312 g/mol. The Labute approximate surface area is 123 Å². The van der Waals surface area contributed by atoms with E-state index in [-0.39, 0.29) is 4.90 Å². The number of nitrogens with one attached hydrogen (secondary N) is 2. The SMILES string of the molecule is CNc1ccncc1S(=O)(=O)Nc1c(C)cccc1Cl. The summed E-state index contributed by atoms with van der Waals surface area (Å²) in [5.41, 5.74) is 1.59. The maximum absolute atomic E-state index is 12.4. The molecule has 2 aromatic rings. The zero-order valence-electron chi connectivity index (χ0n) is 11.0. The zero-order chi connectivity index (χ0) is 14.8. The third-order valence-electron chi connectivity index (χ3n) is 2.80. The highest BCUT2D eigenvalue weighted by atomic mass is 35.5. The fourth-order valence-corrected chi connectivity index (χ4v) is 3.39. The molecule has 0 spiro atoms. The molecule has 7 heteroatoms. The van der Waals surface area contributed by atoms with E-state index >= 15 is 0 Å². The van der Waals surface area contributed by atoms with Gasteiger partial charge >= 0.3 is 0 Å². The predicted molar refractivity (Wildman–Crippen MR) is 80.8 cm³/mol. The van der Waals surface area contributed by atoms with Crippen molar-refractivity contribution in [2.75, 3.05) is 17.1 Å². The lowest BCUT2D eigenvalue weighted by atomic mass is 10.2. The molecule has 0 fully saturated rings. The first-order valence-corrected chi connectivity index (χ1v) is 7.71. The standard InChI is InChI=1S/C13H14ClN3O2S/c1-9-4-3-5-10(14)13(9)17-20(18,19)12-8-16-7-6-11(12)15-2/h3-8,17H,1-2H3,(H,15,16). The maximum atomic E-state index is 12.4. The van der Waals surface area contributed by atoms with E-state index in [2.05, 4.69) is 15.0 Å². The van der Waals surface area contributed by atoms with Crippen LogP contribution < -0.4 is 10.0 Å². The molecule has 20 heavy (non-hydrogen) atoms. The van der Waals surface area contributed by atoms with Gasteiger partial charge in [-0.1, -0.05) is 23.7 Å². The molecule has 2 rings (SSSR count). The van der Waals surface area contributed by atoms with E-state index in [4.69, 9.17) is 11.6 Å². The van der Waals surface area contributed by atoms with E-state index in [1.54, 1.807) is 38.2 Å². The van der Waals surface area contributed by atoms with Crippen LogP contribution in [0.4, 0.5) is 11.4 Å². The molecule has 2 N–H and O–H groups in total. The van der Waals surface area contributed by atoms with Crippen molar-refractivity contribution in [3.05, 3.63) is 47.2 Å². The number of hydrogen-bond acceptors (Lipinski definition) is 4. The van der Waals surface area contributed by atoms with Gasteiger partial charge in [-0.3, -0.25) is 9.71 Å². The maximum Gasteiger partial charge on any atom is 0.265 e. The number of hydrogen-bond donors (Lipinski definition) is 2. The van der Waals surface area contributed by atoms with Crippen LogP contribution in [0, 0.1) is 6.92 Å². The molecule has 0 aliphatic heterocycles. The Morgan fingerprint density at radius 1 is 1.25 bits per heavy atom. The minimum absolute atomic E-state index is 0.0711. The number of halogens is 1. The van der Waals surface area contributed by atoms with Gasteiger partial charge in [0.15, 0.2) is 0 Å². The molecule has 0 saturated heterocycles. The summed E-state index contributed by atoms with van der Waals surface area (Å²) in [6.07, 6.45) is 2.81. The summed E-state index contributed by atoms with van der Waals surface area (Å²) in [4.78, 5) is 3.93. The number of aromatic nitrogens is 1.